The van der Waals surface area contributed by atoms with Crippen LogP contribution in [-0.4, -0.2) is 40.0 Å². The molecule has 2 aromatic carbocycles. The molecule has 0 saturated heterocycles. The van der Waals surface area contributed by atoms with Gasteiger partial charge < -0.3 is 21.3 Å². The highest BCUT2D eigenvalue weighted by atomic mass is 19.4. The largest absolute Gasteiger partial charge is 0.416 e. The number of alkyl halides is 3. The van der Waals surface area contributed by atoms with Gasteiger partial charge in [-0.05, 0) is 36.0 Å². The van der Waals surface area contributed by atoms with Crippen molar-refractivity contribution in [1.82, 2.24) is 20.3 Å². The van der Waals surface area contributed by atoms with Crippen molar-refractivity contribution in [2.45, 2.75) is 63.2 Å². The molecule has 4 N–H and O–H groups in total. The molecule has 3 aromatic rings. The smallest absolute Gasteiger partial charge is 0.357 e. The van der Waals surface area contributed by atoms with Gasteiger partial charge in [0.15, 0.2) is 0 Å². The number of hydrogen-bond acceptors (Lipinski definition) is 7. The monoisotopic (exact) mass is 541 g/mol. The summed E-state index contributed by atoms with van der Waals surface area (Å²) in [6, 6.07) is 15.3. The Morgan fingerprint density at radius 1 is 0.923 bits per heavy atom. The van der Waals surface area contributed by atoms with Crippen molar-refractivity contribution >= 4 is 23.8 Å². The van der Waals surface area contributed by atoms with E-state index in [0.717, 1.165) is 25.3 Å². The maximum Gasteiger partial charge on any atom is 0.416 e. The van der Waals surface area contributed by atoms with E-state index < -0.39 is 17.3 Å². The number of amides is 1. The van der Waals surface area contributed by atoms with E-state index in [2.05, 4.69) is 55.3 Å². The molecule has 1 aromatic heterocycles. The molecule has 0 radical (unpaired) electrons. The number of carbonyl (C=O) groups excluding carboxylic acids is 1. The van der Waals surface area contributed by atoms with Crippen molar-refractivity contribution in [1.29, 1.82) is 0 Å². The van der Waals surface area contributed by atoms with E-state index in [1.807, 2.05) is 18.2 Å². The summed E-state index contributed by atoms with van der Waals surface area (Å²) in [6.45, 7) is 2.45. The standard InChI is InChI=1S/C28H34F3N7O/c1-19(20-11-5-3-6-12-20)17-34-25-35-24(32-2)36-26(37-25)38-27(15-9-4-10-16-27)23(39)33-18-21-13-7-8-14-22(21)28(29,30)31/h3,5-8,11-14,19H,4,9-10,15-18H2,1-2H3,(H,33,39)(H3,32,34,35,36,37,38)/t19-/m0/s1. The Bertz CT molecular complexity index is 1250. The summed E-state index contributed by atoms with van der Waals surface area (Å²) in [6.07, 6.45) is -0.927. The van der Waals surface area contributed by atoms with Crippen LogP contribution in [0, 0.1) is 0 Å². The van der Waals surface area contributed by atoms with Gasteiger partial charge >= 0.3 is 6.18 Å². The molecule has 39 heavy (non-hydrogen) atoms. The minimum absolute atomic E-state index is 0.0148. The number of carbonyl (C=O) groups is 1. The van der Waals surface area contributed by atoms with Crippen molar-refractivity contribution in [3.05, 3.63) is 71.3 Å². The van der Waals surface area contributed by atoms with Gasteiger partial charge in [-0.2, -0.15) is 28.1 Å². The van der Waals surface area contributed by atoms with Gasteiger partial charge in [-0.25, -0.2) is 0 Å². The second-order valence-corrected chi connectivity index (χ2v) is 9.85. The lowest BCUT2D eigenvalue weighted by Crippen LogP contribution is -2.54. The van der Waals surface area contributed by atoms with Crippen molar-refractivity contribution in [2.75, 3.05) is 29.5 Å². The van der Waals surface area contributed by atoms with Crippen molar-refractivity contribution < 1.29 is 18.0 Å². The Kier molecular flexibility index (Phi) is 8.88. The number of nitrogens with one attached hydrogen (secondary N) is 4. The first-order valence-corrected chi connectivity index (χ1v) is 13.1. The lowest BCUT2D eigenvalue weighted by atomic mass is 9.81. The summed E-state index contributed by atoms with van der Waals surface area (Å²) >= 11 is 0. The predicted octanol–water partition coefficient (Wildman–Crippen LogP) is 5.58. The zero-order valence-corrected chi connectivity index (χ0v) is 22.1. The molecule has 8 nitrogen and oxygen atoms in total. The summed E-state index contributed by atoms with van der Waals surface area (Å²) < 4.78 is 40.3. The minimum Gasteiger partial charge on any atom is -0.357 e. The van der Waals surface area contributed by atoms with Gasteiger partial charge in [-0.3, -0.25) is 4.79 Å². The van der Waals surface area contributed by atoms with Crippen LogP contribution in [0.4, 0.5) is 31.0 Å². The molecule has 1 atom stereocenters. The van der Waals surface area contributed by atoms with E-state index in [9.17, 15) is 18.0 Å². The Balaban J connectivity index is 1.51. The predicted molar refractivity (Wildman–Crippen MR) is 145 cm³/mol. The highest BCUT2D eigenvalue weighted by Crippen LogP contribution is 2.34. The Morgan fingerprint density at radius 2 is 1.56 bits per heavy atom. The molecular weight excluding hydrogens is 507 g/mol. The third-order valence-electron chi connectivity index (χ3n) is 7.05. The molecule has 0 spiro atoms. The molecule has 1 saturated carbocycles. The summed E-state index contributed by atoms with van der Waals surface area (Å²) in [4.78, 5) is 26.8. The highest BCUT2D eigenvalue weighted by Gasteiger charge is 2.41. The number of hydrogen-bond donors (Lipinski definition) is 4. The topological polar surface area (TPSA) is 104 Å². The molecule has 1 heterocycles. The number of halogens is 3. The van der Waals surface area contributed by atoms with Crippen LogP contribution < -0.4 is 21.3 Å². The number of aromatic nitrogens is 3. The number of rotatable bonds is 10. The van der Waals surface area contributed by atoms with E-state index >= 15 is 0 Å². The van der Waals surface area contributed by atoms with E-state index in [1.54, 1.807) is 7.05 Å². The molecular formula is C28H34F3N7O. The molecule has 0 bridgehead atoms. The molecule has 1 aliphatic carbocycles. The maximum atomic E-state index is 13.5. The zero-order valence-electron chi connectivity index (χ0n) is 22.1. The van der Waals surface area contributed by atoms with Crippen LogP contribution in [0.2, 0.25) is 0 Å². The van der Waals surface area contributed by atoms with Gasteiger partial charge in [0, 0.05) is 20.1 Å². The summed E-state index contributed by atoms with van der Waals surface area (Å²) in [7, 11) is 1.69. The molecule has 1 fully saturated rings. The average Bonchev–Trinajstić information content (AvgIpc) is 2.95. The molecule has 4 rings (SSSR count). The Morgan fingerprint density at radius 3 is 2.26 bits per heavy atom. The van der Waals surface area contributed by atoms with Crippen molar-refractivity contribution in [2.24, 2.45) is 0 Å². The highest BCUT2D eigenvalue weighted by molar-refractivity contribution is 5.89. The van der Waals surface area contributed by atoms with E-state index in [0.29, 0.717) is 31.3 Å². The van der Waals surface area contributed by atoms with Crippen LogP contribution in [0.5, 0.6) is 0 Å². The normalized spacial score (nSPS) is 15.7. The average molecular weight is 542 g/mol. The van der Waals surface area contributed by atoms with Crippen LogP contribution >= 0.6 is 0 Å². The van der Waals surface area contributed by atoms with Gasteiger partial charge in [0.2, 0.25) is 23.8 Å². The SMILES string of the molecule is CNc1nc(NC[C@H](C)c2ccccc2)nc(NC2(C(=O)NCc3ccccc3C(F)(F)F)CCCCC2)n1. The van der Waals surface area contributed by atoms with Crippen LogP contribution in [0.25, 0.3) is 0 Å². The second-order valence-electron chi connectivity index (χ2n) is 9.85. The van der Waals surface area contributed by atoms with Gasteiger partial charge in [-0.15, -0.1) is 0 Å². The Labute approximate surface area is 226 Å². The lowest BCUT2D eigenvalue weighted by molar-refractivity contribution is -0.138. The first kappa shape index (κ1) is 28.1. The lowest BCUT2D eigenvalue weighted by Gasteiger charge is -2.36. The fourth-order valence-electron chi connectivity index (χ4n) is 4.84. The number of nitrogens with zero attached hydrogens (tertiary/aromatic N) is 3. The van der Waals surface area contributed by atoms with E-state index in [-0.39, 0.29) is 29.9 Å². The molecule has 0 aliphatic heterocycles. The summed E-state index contributed by atoms with van der Waals surface area (Å²) in [5.41, 5.74) is -0.614. The van der Waals surface area contributed by atoms with Crippen molar-refractivity contribution in [3.8, 4) is 0 Å². The molecule has 1 amide bonds. The van der Waals surface area contributed by atoms with Gasteiger partial charge in [-0.1, -0.05) is 74.7 Å². The zero-order chi connectivity index (χ0) is 27.9. The van der Waals surface area contributed by atoms with Gasteiger partial charge in [0.05, 0.1) is 5.56 Å². The number of anilines is 3. The van der Waals surface area contributed by atoms with Crippen LogP contribution in [-0.2, 0) is 17.5 Å². The first-order valence-electron chi connectivity index (χ1n) is 13.1. The van der Waals surface area contributed by atoms with Crippen molar-refractivity contribution in [3.63, 3.8) is 0 Å². The van der Waals surface area contributed by atoms with Gasteiger partial charge in [0.1, 0.15) is 5.54 Å². The fraction of sp³-hybridized carbons (Fsp3) is 0.429. The quantitative estimate of drug-likeness (QED) is 0.266. The Hall–Kier alpha value is -3.89. The molecule has 208 valence electrons. The van der Waals surface area contributed by atoms with Gasteiger partial charge in [0.25, 0.3) is 0 Å². The summed E-state index contributed by atoms with van der Waals surface area (Å²) in [5, 5.41) is 12.2. The number of benzene rings is 2. The van der Waals surface area contributed by atoms with E-state index in [1.165, 1.54) is 23.8 Å². The third kappa shape index (κ3) is 7.15. The van der Waals surface area contributed by atoms with Crippen LogP contribution in [0.1, 0.15) is 61.6 Å². The van der Waals surface area contributed by atoms with Crippen LogP contribution in [0.15, 0.2) is 54.6 Å². The minimum atomic E-state index is -4.50. The summed E-state index contributed by atoms with van der Waals surface area (Å²) in [5.74, 6) is 0.722. The molecule has 0 unspecified atom stereocenters. The second kappa shape index (κ2) is 12.3. The molecule has 11 heteroatoms. The van der Waals surface area contributed by atoms with Crippen LogP contribution in [0.3, 0.4) is 0 Å². The fourth-order valence-corrected chi connectivity index (χ4v) is 4.84. The van der Waals surface area contributed by atoms with E-state index in [4.69, 9.17) is 0 Å². The third-order valence-corrected chi connectivity index (χ3v) is 7.05. The first-order chi connectivity index (χ1) is 18.7. The molecule has 1 aliphatic rings. The maximum absolute atomic E-state index is 13.5.